The standard InChI is InChI=1S/C13H14BrClN2O/c1-7-5-9(15)6-10(12(7)18-4)11-13(14)16-8(2)17(11)3/h5-6H,1-4H3. The van der Waals surface area contributed by atoms with E-state index in [2.05, 4.69) is 20.9 Å². The van der Waals surface area contributed by atoms with Gasteiger partial charge in [0.25, 0.3) is 0 Å². The van der Waals surface area contributed by atoms with Gasteiger partial charge in [-0.25, -0.2) is 4.98 Å². The van der Waals surface area contributed by atoms with Gasteiger partial charge in [0.2, 0.25) is 0 Å². The number of halogens is 2. The highest BCUT2D eigenvalue weighted by Crippen LogP contribution is 2.38. The van der Waals surface area contributed by atoms with E-state index in [-0.39, 0.29) is 0 Å². The summed E-state index contributed by atoms with van der Waals surface area (Å²) in [4.78, 5) is 4.40. The Morgan fingerprint density at radius 2 is 2.00 bits per heavy atom. The lowest BCUT2D eigenvalue weighted by atomic mass is 10.1. The molecule has 1 heterocycles. The minimum absolute atomic E-state index is 0.689. The highest BCUT2D eigenvalue weighted by Gasteiger charge is 2.18. The van der Waals surface area contributed by atoms with Gasteiger partial charge in [0, 0.05) is 17.6 Å². The molecular weight excluding hydrogens is 316 g/mol. The van der Waals surface area contributed by atoms with E-state index in [0.717, 1.165) is 33.0 Å². The molecule has 3 nitrogen and oxygen atoms in total. The van der Waals surface area contributed by atoms with Crippen LogP contribution in [0.1, 0.15) is 11.4 Å². The number of methoxy groups -OCH3 is 1. The molecule has 0 saturated carbocycles. The van der Waals surface area contributed by atoms with Crippen molar-refractivity contribution in [2.45, 2.75) is 13.8 Å². The fraction of sp³-hybridized carbons (Fsp3) is 0.308. The average Bonchev–Trinajstić information content (AvgIpc) is 2.52. The summed E-state index contributed by atoms with van der Waals surface area (Å²) in [6.45, 7) is 3.93. The molecule has 0 amide bonds. The van der Waals surface area contributed by atoms with Crippen LogP contribution in [-0.2, 0) is 7.05 Å². The Kier molecular flexibility index (Phi) is 3.69. The molecular formula is C13H14BrClN2O. The molecule has 0 radical (unpaired) electrons. The second-order valence-electron chi connectivity index (χ2n) is 4.16. The van der Waals surface area contributed by atoms with Crippen LogP contribution >= 0.6 is 27.5 Å². The van der Waals surface area contributed by atoms with Crippen LogP contribution in [0.4, 0.5) is 0 Å². The minimum atomic E-state index is 0.689. The zero-order chi connectivity index (χ0) is 13.4. The molecule has 0 aliphatic rings. The monoisotopic (exact) mass is 328 g/mol. The number of aromatic nitrogens is 2. The van der Waals surface area contributed by atoms with Gasteiger partial charge in [-0.2, -0.15) is 0 Å². The first-order valence-corrected chi connectivity index (χ1v) is 6.66. The van der Waals surface area contributed by atoms with Gasteiger partial charge in [0.15, 0.2) is 0 Å². The smallest absolute Gasteiger partial charge is 0.132 e. The molecule has 0 spiro atoms. The number of aryl methyl sites for hydroxylation is 2. The van der Waals surface area contributed by atoms with E-state index in [1.807, 2.05) is 37.6 Å². The maximum atomic E-state index is 6.14. The van der Waals surface area contributed by atoms with Gasteiger partial charge in [0.1, 0.15) is 16.2 Å². The highest BCUT2D eigenvalue weighted by atomic mass is 79.9. The van der Waals surface area contributed by atoms with Crippen LogP contribution in [0.3, 0.4) is 0 Å². The van der Waals surface area contributed by atoms with Gasteiger partial charge in [-0.15, -0.1) is 0 Å². The topological polar surface area (TPSA) is 27.1 Å². The molecule has 0 unspecified atom stereocenters. The molecule has 0 N–H and O–H groups in total. The molecule has 2 aromatic rings. The van der Waals surface area contributed by atoms with E-state index in [4.69, 9.17) is 16.3 Å². The number of nitrogens with zero attached hydrogens (tertiary/aromatic N) is 2. The lowest BCUT2D eigenvalue weighted by Crippen LogP contribution is -1.98. The number of hydrogen-bond acceptors (Lipinski definition) is 2. The van der Waals surface area contributed by atoms with Crippen molar-refractivity contribution in [2.75, 3.05) is 7.11 Å². The van der Waals surface area contributed by atoms with Crippen LogP contribution in [0.25, 0.3) is 11.3 Å². The molecule has 5 heteroatoms. The van der Waals surface area contributed by atoms with E-state index in [1.54, 1.807) is 7.11 Å². The van der Waals surface area contributed by atoms with E-state index in [1.165, 1.54) is 0 Å². The minimum Gasteiger partial charge on any atom is -0.496 e. The molecule has 0 fully saturated rings. The third-order valence-electron chi connectivity index (χ3n) is 2.97. The van der Waals surface area contributed by atoms with Crippen LogP contribution in [0.5, 0.6) is 5.75 Å². The average molecular weight is 330 g/mol. The lowest BCUT2D eigenvalue weighted by Gasteiger charge is -2.13. The number of ether oxygens (including phenoxy) is 1. The molecule has 2 rings (SSSR count). The van der Waals surface area contributed by atoms with Crippen molar-refractivity contribution in [1.82, 2.24) is 9.55 Å². The van der Waals surface area contributed by atoms with Gasteiger partial charge < -0.3 is 9.30 Å². The number of imidazole rings is 1. The van der Waals surface area contributed by atoms with Crippen molar-refractivity contribution in [3.05, 3.63) is 33.1 Å². The van der Waals surface area contributed by atoms with Crippen molar-refractivity contribution in [2.24, 2.45) is 7.05 Å². The summed E-state index contributed by atoms with van der Waals surface area (Å²) >= 11 is 9.63. The van der Waals surface area contributed by atoms with Gasteiger partial charge >= 0.3 is 0 Å². The number of hydrogen-bond donors (Lipinski definition) is 0. The molecule has 0 bridgehead atoms. The van der Waals surface area contributed by atoms with E-state index < -0.39 is 0 Å². The Bertz CT molecular complexity index is 608. The second-order valence-corrected chi connectivity index (χ2v) is 5.35. The molecule has 0 saturated heterocycles. The van der Waals surface area contributed by atoms with Crippen molar-refractivity contribution in [3.63, 3.8) is 0 Å². The normalized spacial score (nSPS) is 10.8. The molecule has 96 valence electrons. The Balaban J connectivity index is 2.78. The summed E-state index contributed by atoms with van der Waals surface area (Å²) in [6.07, 6.45) is 0. The van der Waals surface area contributed by atoms with Gasteiger partial charge in [-0.1, -0.05) is 11.6 Å². The molecule has 0 aliphatic carbocycles. The van der Waals surface area contributed by atoms with Crippen molar-refractivity contribution in [3.8, 4) is 17.0 Å². The summed E-state index contributed by atoms with van der Waals surface area (Å²) in [7, 11) is 3.63. The molecule has 0 aliphatic heterocycles. The van der Waals surface area contributed by atoms with Gasteiger partial charge in [0.05, 0.1) is 12.8 Å². The summed E-state index contributed by atoms with van der Waals surface area (Å²) in [6, 6.07) is 3.79. The van der Waals surface area contributed by atoms with Crippen LogP contribution in [0.2, 0.25) is 5.02 Å². The molecule has 1 aromatic heterocycles. The summed E-state index contributed by atoms with van der Waals surface area (Å²) in [5, 5.41) is 0.689. The molecule has 0 atom stereocenters. The Morgan fingerprint density at radius 1 is 1.33 bits per heavy atom. The van der Waals surface area contributed by atoms with Gasteiger partial charge in [-0.05, 0) is 47.5 Å². The van der Waals surface area contributed by atoms with Crippen molar-refractivity contribution < 1.29 is 4.74 Å². The van der Waals surface area contributed by atoms with Crippen LogP contribution in [-0.4, -0.2) is 16.7 Å². The zero-order valence-electron chi connectivity index (χ0n) is 10.7. The van der Waals surface area contributed by atoms with Gasteiger partial charge in [-0.3, -0.25) is 0 Å². The fourth-order valence-corrected chi connectivity index (χ4v) is 3.05. The predicted octanol–water partition coefficient (Wildman–Crippen LogP) is 4.13. The number of benzene rings is 1. The Labute approximate surface area is 120 Å². The predicted molar refractivity (Wildman–Crippen MR) is 77.4 cm³/mol. The van der Waals surface area contributed by atoms with E-state index in [9.17, 15) is 0 Å². The SMILES string of the molecule is COc1c(C)cc(Cl)cc1-c1c(Br)nc(C)n1C. The van der Waals surface area contributed by atoms with Crippen molar-refractivity contribution in [1.29, 1.82) is 0 Å². The lowest BCUT2D eigenvalue weighted by molar-refractivity contribution is 0.413. The second kappa shape index (κ2) is 4.94. The fourth-order valence-electron chi connectivity index (χ4n) is 2.04. The van der Waals surface area contributed by atoms with Crippen LogP contribution in [0, 0.1) is 13.8 Å². The first-order valence-electron chi connectivity index (χ1n) is 5.49. The first-order chi connectivity index (χ1) is 8.45. The maximum Gasteiger partial charge on any atom is 0.132 e. The summed E-state index contributed by atoms with van der Waals surface area (Å²) in [5.74, 6) is 1.75. The first kappa shape index (κ1) is 13.4. The molecule has 1 aromatic carbocycles. The maximum absolute atomic E-state index is 6.14. The van der Waals surface area contributed by atoms with Crippen LogP contribution < -0.4 is 4.74 Å². The number of rotatable bonds is 2. The van der Waals surface area contributed by atoms with Crippen LogP contribution in [0.15, 0.2) is 16.7 Å². The Morgan fingerprint density at radius 3 is 2.50 bits per heavy atom. The summed E-state index contributed by atoms with van der Waals surface area (Å²) in [5.41, 5.74) is 2.91. The Hall–Kier alpha value is -1.00. The largest absolute Gasteiger partial charge is 0.496 e. The molecule has 18 heavy (non-hydrogen) atoms. The van der Waals surface area contributed by atoms with E-state index >= 15 is 0 Å². The highest BCUT2D eigenvalue weighted by molar-refractivity contribution is 9.10. The van der Waals surface area contributed by atoms with Crippen molar-refractivity contribution >= 4 is 27.5 Å². The zero-order valence-corrected chi connectivity index (χ0v) is 13.1. The third-order valence-corrected chi connectivity index (χ3v) is 3.75. The quantitative estimate of drug-likeness (QED) is 0.828. The summed E-state index contributed by atoms with van der Waals surface area (Å²) < 4.78 is 8.29. The third kappa shape index (κ3) is 2.15. The van der Waals surface area contributed by atoms with E-state index in [0.29, 0.717) is 5.02 Å².